The first-order valence-corrected chi connectivity index (χ1v) is 7.27. The number of hydrogen-bond donors (Lipinski definition) is 0. The zero-order valence-electron chi connectivity index (χ0n) is 9.53. The molecule has 0 amide bonds. The maximum Gasteiger partial charge on any atom is 0.150 e. The first-order valence-electron chi connectivity index (χ1n) is 5.45. The fourth-order valence-corrected chi connectivity index (χ4v) is 3.69. The van der Waals surface area contributed by atoms with E-state index in [-0.39, 0.29) is 0 Å². The van der Waals surface area contributed by atoms with Crippen molar-refractivity contribution >= 4 is 9.84 Å². The third-order valence-electron chi connectivity index (χ3n) is 2.52. The highest BCUT2D eigenvalue weighted by Crippen LogP contribution is 2.22. The average molecular weight is 232 g/mol. The molecule has 4 heteroatoms. The van der Waals surface area contributed by atoms with Gasteiger partial charge in [0.05, 0.1) is 24.4 Å². The van der Waals surface area contributed by atoms with E-state index in [1.165, 1.54) is 0 Å². The van der Waals surface area contributed by atoms with Gasteiger partial charge in [-0.1, -0.05) is 0 Å². The molecule has 15 heavy (non-hydrogen) atoms. The molecule has 0 aliphatic carbocycles. The molecule has 0 aromatic rings. The standard InChI is InChI=1S/C11H20O3S/c1-10(2)8-14-6-3-4-11-5-7-15(12,13)9-11/h8,11H,3-7,9H2,1-2H3. The van der Waals surface area contributed by atoms with Crippen molar-refractivity contribution < 1.29 is 13.2 Å². The first kappa shape index (κ1) is 12.6. The summed E-state index contributed by atoms with van der Waals surface area (Å²) in [6, 6.07) is 0. The molecule has 0 radical (unpaired) electrons. The van der Waals surface area contributed by atoms with Gasteiger partial charge < -0.3 is 4.74 Å². The molecule has 0 spiro atoms. The lowest BCUT2D eigenvalue weighted by Crippen LogP contribution is -2.05. The van der Waals surface area contributed by atoms with Crippen LogP contribution in [0.1, 0.15) is 33.1 Å². The minimum absolute atomic E-state index is 0.366. The predicted molar refractivity (Wildman–Crippen MR) is 61.4 cm³/mol. The third-order valence-corrected chi connectivity index (χ3v) is 4.36. The normalized spacial score (nSPS) is 23.7. The van der Waals surface area contributed by atoms with Crippen LogP contribution in [0.3, 0.4) is 0 Å². The van der Waals surface area contributed by atoms with Crippen molar-refractivity contribution in [2.75, 3.05) is 18.1 Å². The van der Waals surface area contributed by atoms with Crippen LogP contribution in [0.15, 0.2) is 11.8 Å². The average Bonchev–Trinajstić information content (AvgIpc) is 2.44. The second-order valence-corrected chi connectivity index (χ2v) is 6.71. The lowest BCUT2D eigenvalue weighted by molar-refractivity contribution is 0.232. The molecule has 1 rings (SSSR count). The Labute approximate surface area is 92.4 Å². The van der Waals surface area contributed by atoms with Crippen molar-refractivity contribution in [1.82, 2.24) is 0 Å². The highest BCUT2D eigenvalue weighted by Gasteiger charge is 2.26. The molecule has 1 unspecified atom stereocenters. The van der Waals surface area contributed by atoms with Crippen molar-refractivity contribution in [3.8, 4) is 0 Å². The van der Waals surface area contributed by atoms with Gasteiger partial charge >= 0.3 is 0 Å². The fraction of sp³-hybridized carbons (Fsp3) is 0.818. The van der Waals surface area contributed by atoms with E-state index in [0.717, 1.165) is 24.8 Å². The van der Waals surface area contributed by atoms with Crippen molar-refractivity contribution in [1.29, 1.82) is 0 Å². The Morgan fingerprint density at radius 2 is 2.20 bits per heavy atom. The summed E-state index contributed by atoms with van der Waals surface area (Å²) >= 11 is 0. The molecule has 0 aromatic heterocycles. The zero-order chi connectivity index (χ0) is 11.3. The molecule has 0 bridgehead atoms. The van der Waals surface area contributed by atoms with Crippen LogP contribution < -0.4 is 0 Å². The monoisotopic (exact) mass is 232 g/mol. The highest BCUT2D eigenvalue weighted by molar-refractivity contribution is 7.91. The first-order chi connectivity index (χ1) is 6.99. The molecule has 3 nitrogen and oxygen atoms in total. The zero-order valence-corrected chi connectivity index (χ0v) is 10.3. The van der Waals surface area contributed by atoms with E-state index < -0.39 is 9.84 Å². The Balaban J connectivity index is 2.09. The molecule has 88 valence electrons. The number of hydrogen-bond acceptors (Lipinski definition) is 3. The summed E-state index contributed by atoms with van der Waals surface area (Å²) in [5, 5.41) is 0. The molecule has 0 N–H and O–H groups in total. The van der Waals surface area contributed by atoms with Gasteiger partial charge in [-0.2, -0.15) is 0 Å². The summed E-state index contributed by atoms with van der Waals surface area (Å²) in [7, 11) is -2.70. The molecule has 1 atom stereocenters. The van der Waals surface area contributed by atoms with Crippen molar-refractivity contribution in [2.24, 2.45) is 5.92 Å². The molecular formula is C11H20O3S. The van der Waals surface area contributed by atoms with Gasteiger partial charge in [-0.3, -0.25) is 0 Å². The van der Waals surface area contributed by atoms with E-state index in [4.69, 9.17) is 4.74 Å². The fourth-order valence-electron chi connectivity index (χ4n) is 1.78. The maximum absolute atomic E-state index is 11.2. The second kappa shape index (κ2) is 5.54. The summed E-state index contributed by atoms with van der Waals surface area (Å²) in [6.45, 7) is 4.68. The van der Waals surface area contributed by atoms with Crippen LogP contribution in [0, 0.1) is 5.92 Å². The van der Waals surface area contributed by atoms with Crippen LogP contribution in [0.4, 0.5) is 0 Å². The SMILES string of the molecule is CC(C)=COCCCC1CCS(=O)(=O)C1. The topological polar surface area (TPSA) is 43.4 Å². The van der Waals surface area contributed by atoms with Gasteiger partial charge in [0.1, 0.15) is 0 Å². The largest absolute Gasteiger partial charge is 0.501 e. The van der Waals surface area contributed by atoms with E-state index >= 15 is 0 Å². The van der Waals surface area contributed by atoms with Gasteiger partial charge in [0.2, 0.25) is 0 Å². The molecule has 0 saturated carbocycles. The van der Waals surface area contributed by atoms with Gasteiger partial charge in [-0.15, -0.1) is 0 Å². The lowest BCUT2D eigenvalue weighted by atomic mass is 10.0. The molecular weight excluding hydrogens is 212 g/mol. The number of rotatable bonds is 5. The van der Waals surface area contributed by atoms with Crippen molar-refractivity contribution in [3.63, 3.8) is 0 Å². The summed E-state index contributed by atoms with van der Waals surface area (Å²) < 4.78 is 27.7. The summed E-state index contributed by atoms with van der Waals surface area (Å²) in [5.41, 5.74) is 1.15. The Morgan fingerprint density at radius 1 is 1.47 bits per heavy atom. The van der Waals surface area contributed by atoms with Gasteiger partial charge in [0.15, 0.2) is 9.84 Å². The van der Waals surface area contributed by atoms with Crippen molar-refractivity contribution in [3.05, 3.63) is 11.8 Å². The number of ether oxygens (including phenoxy) is 1. The maximum atomic E-state index is 11.2. The summed E-state index contributed by atoms with van der Waals surface area (Å²) in [4.78, 5) is 0. The molecule has 1 aliphatic rings. The van der Waals surface area contributed by atoms with Gasteiger partial charge in [0, 0.05) is 0 Å². The molecule has 1 heterocycles. The smallest absolute Gasteiger partial charge is 0.150 e. The Morgan fingerprint density at radius 3 is 2.73 bits per heavy atom. The molecule has 1 aliphatic heterocycles. The number of sulfone groups is 1. The third kappa shape index (κ3) is 5.21. The molecule has 1 fully saturated rings. The van der Waals surface area contributed by atoms with E-state index in [1.807, 2.05) is 13.8 Å². The quantitative estimate of drug-likeness (QED) is 0.539. The number of allylic oxidation sites excluding steroid dienone is 1. The minimum Gasteiger partial charge on any atom is -0.501 e. The van der Waals surface area contributed by atoms with Crippen LogP contribution in [0.25, 0.3) is 0 Å². The molecule has 1 saturated heterocycles. The van der Waals surface area contributed by atoms with E-state index in [0.29, 0.717) is 24.0 Å². The van der Waals surface area contributed by atoms with Gasteiger partial charge in [-0.05, 0) is 44.6 Å². The Kier molecular flexibility index (Phi) is 4.64. The van der Waals surface area contributed by atoms with E-state index in [2.05, 4.69) is 0 Å². The van der Waals surface area contributed by atoms with Crippen LogP contribution in [-0.2, 0) is 14.6 Å². The van der Waals surface area contributed by atoms with E-state index in [1.54, 1.807) is 6.26 Å². The van der Waals surface area contributed by atoms with Crippen molar-refractivity contribution in [2.45, 2.75) is 33.1 Å². The summed E-state index contributed by atoms with van der Waals surface area (Å²) in [6.07, 6.45) is 4.51. The van der Waals surface area contributed by atoms with Crippen LogP contribution in [-0.4, -0.2) is 26.5 Å². The van der Waals surface area contributed by atoms with Gasteiger partial charge in [-0.25, -0.2) is 8.42 Å². The van der Waals surface area contributed by atoms with Crippen LogP contribution >= 0.6 is 0 Å². The predicted octanol–water partition coefficient (Wildman–Crippen LogP) is 2.14. The highest BCUT2D eigenvalue weighted by atomic mass is 32.2. The Bertz CT molecular complexity index is 313. The lowest BCUT2D eigenvalue weighted by Gasteiger charge is -2.06. The Hall–Kier alpha value is -0.510. The van der Waals surface area contributed by atoms with Crippen LogP contribution in [0.5, 0.6) is 0 Å². The molecule has 0 aromatic carbocycles. The minimum atomic E-state index is -2.70. The summed E-state index contributed by atoms with van der Waals surface area (Å²) in [5.74, 6) is 1.13. The van der Waals surface area contributed by atoms with Crippen LogP contribution in [0.2, 0.25) is 0 Å². The second-order valence-electron chi connectivity index (χ2n) is 4.48. The van der Waals surface area contributed by atoms with Gasteiger partial charge in [0.25, 0.3) is 0 Å². The van der Waals surface area contributed by atoms with E-state index in [9.17, 15) is 8.42 Å².